The van der Waals surface area contributed by atoms with Crippen molar-refractivity contribution in [2.45, 2.75) is 13.8 Å². The summed E-state index contributed by atoms with van der Waals surface area (Å²) in [5.41, 5.74) is 2.32. The van der Waals surface area contributed by atoms with Crippen molar-refractivity contribution in [3.8, 4) is 0 Å². The van der Waals surface area contributed by atoms with E-state index in [4.69, 9.17) is 0 Å². The van der Waals surface area contributed by atoms with Gasteiger partial charge in [0.25, 0.3) is 0 Å². The Morgan fingerprint density at radius 3 is 2.70 bits per heavy atom. The molecule has 1 N–H and O–H groups in total. The van der Waals surface area contributed by atoms with E-state index in [2.05, 4.69) is 36.2 Å². The van der Waals surface area contributed by atoms with Crippen LogP contribution in [0.3, 0.4) is 0 Å². The number of nitrogens with zero attached hydrogens (tertiary/aromatic N) is 2. The number of nitrogens with one attached hydrogen (secondary N) is 1. The molecule has 0 aromatic heterocycles. The fourth-order valence-electron chi connectivity index (χ4n) is 2.34. The molecule has 1 aliphatic rings. The molecule has 1 aromatic carbocycles. The Balaban J connectivity index is 1.80. The summed E-state index contributed by atoms with van der Waals surface area (Å²) in [5.74, 6) is 0. The van der Waals surface area contributed by atoms with Crippen LogP contribution in [0.4, 0.5) is 4.79 Å². The highest BCUT2D eigenvalue weighted by molar-refractivity contribution is 5.76. The van der Waals surface area contributed by atoms with Crippen LogP contribution in [0.2, 0.25) is 0 Å². The van der Waals surface area contributed by atoms with Crippen LogP contribution >= 0.6 is 0 Å². The van der Waals surface area contributed by atoms with Crippen LogP contribution < -0.4 is 5.32 Å². The van der Waals surface area contributed by atoms with E-state index >= 15 is 0 Å². The number of likely N-dealkylation sites (N-methyl/N-ethyl adjacent to an activating group) is 1. The van der Waals surface area contributed by atoms with Gasteiger partial charge in [-0.05, 0) is 25.1 Å². The number of carbonyl (C=O) groups excluding carboxylic acids is 1. The molecule has 0 radical (unpaired) electrons. The lowest BCUT2D eigenvalue weighted by Gasteiger charge is -2.33. The van der Waals surface area contributed by atoms with Crippen LogP contribution in [0.5, 0.6) is 0 Å². The zero-order valence-electron chi connectivity index (χ0n) is 12.3. The van der Waals surface area contributed by atoms with E-state index in [1.807, 2.05) is 23.1 Å². The van der Waals surface area contributed by atoms with Gasteiger partial charge in [0.1, 0.15) is 0 Å². The topological polar surface area (TPSA) is 35.6 Å². The number of hydrogen-bond donors (Lipinski definition) is 1. The van der Waals surface area contributed by atoms with Crippen LogP contribution in [0.25, 0.3) is 6.08 Å². The molecule has 1 fully saturated rings. The maximum Gasteiger partial charge on any atom is 0.321 e. The molecule has 108 valence electrons. The standard InChI is InChI=1S/C16H23N3O/c1-3-18-9-11-19(12-10-18)16(20)17-8-7-15-6-4-5-14(2)13-15/h4-8,13H,3,9-12H2,1-2H3,(H,17,20)/b8-7+. The predicted molar refractivity (Wildman–Crippen MR) is 82.4 cm³/mol. The van der Waals surface area contributed by atoms with Crippen molar-refractivity contribution in [3.63, 3.8) is 0 Å². The molecular weight excluding hydrogens is 250 g/mol. The minimum atomic E-state index is -0.00958. The van der Waals surface area contributed by atoms with E-state index < -0.39 is 0 Å². The van der Waals surface area contributed by atoms with Gasteiger partial charge in [-0.3, -0.25) is 0 Å². The van der Waals surface area contributed by atoms with Gasteiger partial charge in [-0.2, -0.15) is 0 Å². The van der Waals surface area contributed by atoms with Gasteiger partial charge in [0.15, 0.2) is 0 Å². The van der Waals surface area contributed by atoms with Gasteiger partial charge >= 0.3 is 6.03 Å². The fraction of sp³-hybridized carbons (Fsp3) is 0.438. The molecular formula is C16H23N3O. The zero-order valence-corrected chi connectivity index (χ0v) is 12.3. The Labute approximate surface area is 121 Å². The van der Waals surface area contributed by atoms with Crippen molar-refractivity contribution < 1.29 is 4.79 Å². The molecule has 4 nitrogen and oxygen atoms in total. The number of piperazine rings is 1. The first kappa shape index (κ1) is 14.6. The molecule has 2 amide bonds. The molecule has 1 aliphatic heterocycles. The van der Waals surface area contributed by atoms with E-state index in [0.29, 0.717) is 0 Å². The van der Waals surface area contributed by atoms with Crippen LogP contribution in [0, 0.1) is 6.92 Å². The van der Waals surface area contributed by atoms with Crippen molar-refractivity contribution in [1.82, 2.24) is 15.1 Å². The van der Waals surface area contributed by atoms with E-state index in [0.717, 1.165) is 38.3 Å². The minimum Gasteiger partial charge on any atom is -0.322 e. The maximum absolute atomic E-state index is 12.0. The van der Waals surface area contributed by atoms with Crippen molar-refractivity contribution in [2.24, 2.45) is 0 Å². The summed E-state index contributed by atoms with van der Waals surface area (Å²) in [6.07, 6.45) is 3.65. The lowest BCUT2D eigenvalue weighted by atomic mass is 10.1. The monoisotopic (exact) mass is 273 g/mol. The molecule has 1 aromatic rings. The summed E-state index contributed by atoms with van der Waals surface area (Å²) in [5, 5.41) is 2.84. The largest absolute Gasteiger partial charge is 0.322 e. The quantitative estimate of drug-likeness (QED) is 0.917. The van der Waals surface area contributed by atoms with Gasteiger partial charge < -0.3 is 15.1 Å². The van der Waals surface area contributed by atoms with Gasteiger partial charge in [-0.15, -0.1) is 0 Å². The third kappa shape index (κ3) is 4.10. The van der Waals surface area contributed by atoms with Gasteiger partial charge in [-0.25, -0.2) is 4.79 Å². The highest BCUT2D eigenvalue weighted by Crippen LogP contribution is 2.05. The van der Waals surface area contributed by atoms with E-state index in [9.17, 15) is 4.79 Å². The fourth-order valence-corrected chi connectivity index (χ4v) is 2.34. The normalized spacial score (nSPS) is 16.6. The summed E-state index contributed by atoms with van der Waals surface area (Å²) in [4.78, 5) is 16.2. The predicted octanol–water partition coefficient (Wildman–Crippen LogP) is 2.31. The second-order valence-electron chi connectivity index (χ2n) is 5.12. The number of benzene rings is 1. The second-order valence-corrected chi connectivity index (χ2v) is 5.12. The molecule has 1 heterocycles. The van der Waals surface area contributed by atoms with Gasteiger partial charge in [-0.1, -0.05) is 36.8 Å². The van der Waals surface area contributed by atoms with Crippen LogP contribution in [-0.4, -0.2) is 48.6 Å². The number of hydrogen-bond acceptors (Lipinski definition) is 2. The lowest BCUT2D eigenvalue weighted by molar-refractivity contribution is 0.145. The zero-order chi connectivity index (χ0) is 14.4. The Bertz CT molecular complexity index is 476. The highest BCUT2D eigenvalue weighted by atomic mass is 16.2. The van der Waals surface area contributed by atoms with Crippen LogP contribution in [0.15, 0.2) is 30.5 Å². The summed E-state index contributed by atoms with van der Waals surface area (Å²) in [7, 11) is 0. The number of amides is 2. The Kier molecular flexibility index (Phi) is 5.18. The number of carbonyl (C=O) groups is 1. The van der Waals surface area contributed by atoms with E-state index in [-0.39, 0.29) is 6.03 Å². The Morgan fingerprint density at radius 2 is 2.05 bits per heavy atom. The first-order chi connectivity index (χ1) is 9.69. The van der Waals surface area contributed by atoms with Crippen LogP contribution in [0.1, 0.15) is 18.1 Å². The molecule has 2 rings (SSSR count). The van der Waals surface area contributed by atoms with Crippen LogP contribution in [-0.2, 0) is 0 Å². The van der Waals surface area contributed by atoms with E-state index in [1.54, 1.807) is 6.20 Å². The number of rotatable bonds is 3. The first-order valence-corrected chi connectivity index (χ1v) is 7.20. The molecule has 20 heavy (non-hydrogen) atoms. The molecule has 0 spiro atoms. The maximum atomic E-state index is 12.0. The molecule has 4 heteroatoms. The summed E-state index contributed by atoms with van der Waals surface area (Å²) in [6.45, 7) is 8.80. The van der Waals surface area contributed by atoms with Crippen molar-refractivity contribution in [1.29, 1.82) is 0 Å². The van der Waals surface area contributed by atoms with Crippen molar-refractivity contribution in [2.75, 3.05) is 32.7 Å². The Hall–Kier alpha value is -1.81. The summed E-state index contributed by atoms with van der Waals surface area (Å²) >= 11 is 0. The van der Waals surface area contributed by atoms with Gasteiger partial charge in [0.2, 0.25) is 0 Å². The highest BCUT2D eigenvalue weighted by Gasteiger charge is 2.18. The average molecular weight is 273 g/mol. The van der Waals surface area contributed by atoms with E-state index in [1.165, 1.54) is 5.56 Å². The van der Waals surface area contributed by atoms with Crippen molar-refractivity contribution in [3.05, 3.63) is 41.6 Å². The van der Waals surface area contributed by atoms with Gasteiger partial charge in [0, 0.05) is 32.4 Å². The molecule has 0 aliphatic carbocycles. The number of urea groups is 1. The summed E-state index contributed by atoms with van der Waals surface area (Å²) < 4.78 is 0. The first-order valence-electron chi connectivity index (χ1n) is 7.20. The third-order valence-electron chi connectivity index (χ3n) is 3.63. The molecule has 0 unspecified atom stereocenters. The lowest BCUT2D eigenvalue weighted by Crippen LogP contribution is -2.50. The van der Waals surface area contributed by atoms with Gasteiger partial charge in [0.05, 0.1) is 0 Å². The minimum absolute atomic E-state index is 0.00958. The van der Waals surface area contributed by atoms with Crippen molar-refractivity contribution >= 4 is 12.1 Å². The average Bonchev–Trinajstić information content (AvgIpc) is 2.47. The Morgan fingerprint density at radius 1 is 1.30 bits per heavy atom. The summed E-state index contributed by atoms with van der Waals surface area (Å²) in [6, 6.07) is 8.17. The SMILES string of the molecule is CCN1CCN(C(=O)N/C=C/c2cccc(C)c2)CC1. The molecule has 0 bridgehead atoms. The number of aryl methyl sites for hydroxylation is 1. The molecule has 0 saturated carbocycles. The third-order valence-corrected chi connectivity index (χ3v) is 3.63. The molecule has 0 atom stereocenters. The molecule has 1 saturated heterocycles. The smallest absolute Gasteiger partial charge is 0.321 e. The second kappa shape index (κ2) is 7.10.